The third kappa shape index (κ3) is 4.19. The lowest BCUT2D eigenvalue weighted by molar-refractivity contribution is -0.139. The van der Waals surface area contributed by atoms with E-state index in [0.29, 0.717) is 17.2 Å². The van der Waals surface area contributed by atoms with Crippen molar-refractivity contribution in [2.45, 2.75) is 31.8 Å². The van der Waals surface area contributed by atoms with E-state index < -0.39 is 6.10 Å². The van der Waals surface area contributed by atoms with Crippen LogP contribution in [0.2, 0.25) is 0 Å². The summed E-state index contributed by atoms with van der Waals surface area (Å²) in [6.07, 6.45) is 1.44. The standard InChI is InChI=1S/C21H22N2O2/c1-16(25-20-9-7-17(15-22)8-10-20)21(24)23-13-11-19(12-14-23)18-5-3-2-4-6-18/h2-10,16,19H,11-14H2,1H3. The van der Waals surface area contributed by atoms with Gasteiger partial charge in [-0.1, -0.05) is 30.3 Å². The summed E-state index contributed by atoms with van der Waals surface area (Å²) >= 11 is 0. The van der Waals surface area contributed by atoms with Crippen molar-refractivity contribution in [2.75, 3.05) is 13.1 Å². The van der Waals surface area contributed by atoms with E-state index >= 15 is 0 Å². The van der Waals surface area contributed by atoms with Crippen LogP contribution in [-0.4, -0.2) is 30.0 Å². The van der Waals surface area contributed by atoms with E-state index in [1.165, 1.54) is 5.56 Å². The van der Waals surface area contributed by atoms with Gasteiger partial charge in [0.1, 0.15) is 5.75 Å². The van der Waals surface area contributed by atoms with Gasteiger partial charge < -0.3 is 9.64 Å². The number of nitriles is 1. The second-order valence-corrected chi connectivity index (χ2v) is 6.41. The Hall–Kier alpha value is -2.80. The Bertz CT molecular complexity index is 742. The van der Waals surface area contributed by atoms with Gasteiger partial charge in [0.15, 0.2) is 6.10 Å². The van der Waals surface area contributed by atoms with Gasteiger partial charge in [-0.2, -0.15) is 5.26 Å². The Morgan fingerprint density at radius 2 is 1.76 bits per heavy atom. The smallest absolute Gasteiger partial charge is 0.263 e. The summed E-state index contributed by atoms with van der Waals surface area (Å²) in [6, 6.07) is 19.4. The van der Waals surface area contributed by atoms with Crippen LogP contribution in [0, 0.1) is 11.3 Å². The van der Waals surface area contributed by atoms with Crippen molar-refractivity contribution >= 4 is 5.91 Å². The summed E-state index contributed by atoms with van der Waals surface area (Å²) in [5.74, 6) is 1.16. The molecule has 1 aliphatic rings. The van der Waals surface area contributed by atoms with Crippen molar-refractivity contribution in [3.05, 3.63) is 65.7 Å². The van der Waals surface area contributed by atoms with Crippen molar-refractivity contribution in [1.82, 2.24) is 4.90 Å². The predicted octanol–water partition coefficient (Wildman–Crippen LogP) is 3.73. The first-order valence-electron chi connectivity index (χ1n) is 8.68. The molecule has 0 N–H and O–H groups in total. The number of amides is 1. The van der Waals surface area contributed by atoms with Crippen LogP contribution >= 0.6 is 0 Å². The topological polar surface area (TPSA) is 53.3 Å². The molecule has 2 aromatic rings. The number of benzene rings is 2. The highest BCUT2D eigenvalue weighted by Crippen LogP contribution is 2.28. The highest BCUT2D eigenvalue weighted by molar-refractivity contribution is 5.81. The monoisotopic (exact) mass is 334 g/mol. The van der Waals surface area contributed by atoms with Gasteiger partial charge >= 0.3 is 0 Å². The third-order valence-electron chi connectivity index (χ3n) is 4.72. The lowest BCUT2D eigenvalue weighted by Gasteiger charge is -2.33. The molecular weight excluding hydrogens is 312 g/mol. The number of piperidine rings is 1. The number of hydrogen-bond acceptors (Lipinski definition) is 3. The molecule has 128 valence electrons. The summed E-state index contributed by atoms with van der Waals surface area (Å²) in [6.45, 7) is 3.31. The van der Waals surface area contributed by atoms with Crippen LogP contribution in [-0.2, 0) is 4.79 Å². The molecule has 0 aromatic heterocycles. The zero-order valence-electron chi connectivity index (χ0n) is 14.4. The van der Waals surface area contributed by atoms with Gasteiger partial charge in [-0.25, -0.2) is 0 Å². The van der Waals surface area contributed by atoms with Crippen LogP contribution in [0.25, 0.3) is 0 Å². The zero-order valence-corrected chi connectivity index (χ0v) is 14.4. The Balaban J connectivity index is 1.54. The maximum absolute atomic E-state index is 12.6. The van der Waals surface area contributed by atoms with Crippen molar-refractivity contribution in [1.29, 1.82) is 5.26 Å². The molecule has 1 heterocycles. The van der Waals surface area contributed by atoms with E-state index in [1.54, 1.807) is 31.2 Å². The molecule has 1 aliphatic heterocycles. The van der Waals surface area contributed by atoms with Crippen molar-refractivity contribution in [3.63, 3.8) is 0 Å². The van der Waals surface area contributed by atoms with E-state index in [-0.39, 0.29) is 5.91 Å². The van der Waals surface area contributed by atoms with Gasteiger partial charge in [0.2, 0.25) is 0 Å². The van der Waals surface area contributed by atoms with Crippen LogP contribution in [0.3, 0.4) is 0 Å². The summed E-state index contributed by atoms with van der Waals surface area (Å²) in [7, 11) is 0. The molecule has 2 aromatic carbocycles. The van der Waals surface area contributed by atoms with E-state index in [1.807, 2.05) is 11.0 Å². The molecule has 1 saturated heterocycles. The number of ether oxygens (including phenoxy) is 1. The summed E-state index contributed by atoms with van der Waals surface area (Å²) < 4.78 is 5.74. The van der Waals surface area contributed by atoms with Gasteiger partial charge in [0, 0.05) is 13.1 Å². The first-order chi connectivity index (χ1) is 12.2. The number of rotatable bonds is 4. The molecule has 1 unspecified atom stereocenters. The third-order valence-corrected chi connectivity index (χ3v) is 4.72. The largest absolute Gasteiger partial charge is 0.481 e. The Labute approximate surface area is 148 Å². The maximum atomic E-state index is 12.6. The second kappa shape index (κ2) is 7.85. The van der Waals surface area contributed by atoms with E-state index in [9.17, 15) is 4.79 Å². The fraction of sp³-hybridized carbons (Fsp3) is 0.333. The fourth-order valence-corrected chi connectivity index (χ4v) is 3.28. The van der Waals surface area contributed by atoms with Crippen LogP contribution in [0.15, 0.2) is 54.6 Å². The molecule has 1 atom stereocenters. The number of hydrogen-bond donors (Lipinski definition) is 0. The Morgan fingerprint density at radius 1 is 1.12 bits per heavy atom. The normalized spacial score (nSPS) is 16.1. The molecule has 0 saturated carbocycles. The molecular formula is C21H22N2O2. The minimum absolute atomic E-state index is 0.0240. The average molecular weight is 334 g/mol. The van der Waals surface area contributed by atoms with E-state index in [2.05, 4.69) is 30.3 Å². The minimum atomic E-state index is -0.527. The zero-order chi connectivity index (χ0) is 17.6. The molecule has 25 heavy (non-hydrogen) atoms. The summed E-state index contributed by atoms with van der Waals surface area (Å²) in [5, 5.41) is 8.82. The van der Waals surface area contributed by atoms with Crippen LogP contribution in [0.1, 0.15) is 36.8 Å². The first kappa shape index (κ1) is 17.0. The van der Waals surface area contributed by atoms with Crippen LogP contribution in [0.5, 0.6) is 5.75 Å². The first-order valence-corrected chi connectivity index (χ1v) is 8.68. The van der Waals surface area contributed by atoms with Crippen molar-refractivity contribution < 1.29 is 9.53 Å². The number of nitrogens with zero attached hydrogens (tertiary/aromatic N) is 2. The maximum Gasteiger partial charge on any atom is 0.263 e. The summed E-state index contributed by atoms with van der Waals surface area (Å²) in [4.78, 5) is 14.5. The molecule has 1 fully saturated rings. The van der Waals surface area contributed by atoms with Gasteiger partial charge in [-0.15, -0.1) is 0 Å². The molecule has 0 radical (unpaired) electrons. The quantitative estimate of drug-likeness (QED) is 0.856. The van der Waals surface area contributed by atoms with Gasteiger partial charge in [-0.3, -0.25) is 4.79 Å². The molecule has 1 amide bonds. The van der Waals surface area contributed by atoms with Crippen LogP contribution in [0.4, 0.5) is 0 Å². The lowest BCUT2D eigenvalue weighted by Crippen LogP contribution is -2.44. The number of likely N-dealkylation sites (tertiary alicyclic amines) is 1. The van der Waals surface area contributed by atoms with Gasteiger partial charge in [-0.05, 0) is 55.5 Å². The predicted molar refractivity (Wildman–Crippen MR) is 96.2 cm³/mol. The van der Waals surface area contributed by atoms with Gasteiger partial charge in [0.05, 0.1) is 11.6 Å². The molecule has 4 nitrogen and oxygen atoms in total. The van der Waals surface area contributed by atoms with Gasteiger partial charge in [0.25, 0.3) is 5.91 Å². The Morgan fingerprint density at radius 3 is 2.36 bits per heavy atom. The van der Waals surface area contributed by atoms with Crippen LogP contribution < -0.4 is 4.74 Å². The lowest BCUT2D eigenvalue weighted by atomic mass is 9.89. The fourth-order valence-electron chi connectivity index (χ4n) is 3.28. The molecule has 4 heteroatoms. The number of carbonyl (C=O) groups excluding carboxylic acids is 1. The van der Waals surface area contributed by atoms with Crippen molar-refractivity contribution in [3.8, 4) is 11.8 Å². The van der Waals surface area contributed by atoms with Crippen molar-refractivity contribution in [2.24, 2.45) is 0 Å². The molecule has 0 aliphatic carbocycles. The second-order valence-electron chi connectivity index (χ2n) is 6.41. The average Bonchev–Trinajstić information content (AvgIpc) is 2.69. The summed E-state index contributed by atoms with van der Waals surface area (Å²) in [5.41, 5.74) is 1.94. The molecule has 3 rings (SSSR count). The highest BCUT2D eigenvalue weighted by Gasteiger charge is 2.27. The molecule has 0 spiro atoms. The highest BCUT2D eigenvalue weighted by atomic mass is 16.5. The number of carbonyl (C=O) groups is 1. The van der Waals surface area contributed by atoms with E-state index in [0.717, 1.165) is 25.9 Å². The Kier molecular flexibility index (Phi) is 5.35. The minimum Gasteiger partial charge on any atom is -0.481 e. The molecule has 0 bridgehead atoms. The van der Waals surface area contributed by atoms with E-state index in [4.69, 9.17) is 10.00 Å². The SMILES string of the molecule is CC(Oc1ccc(C#N)cc1)C(=O)N1CCC(c2ccccc2)CC1.